The van der Waals surface area contributed by atoms with Crippen molar-refractivity contribution >= 4 is 5.90 Å². The molecule has 0 aliphatic carbocycles. The third kappa shape index (κ3) is 1.42. The van der Waals surface area contributed by atoms with Crippen LogP contribution in [0.1, 0.15) is 0 Å². The Morgan fingerprint density at radius 2 is 2.00 bits per heavy atom. The number of oxime groups is 1. The molecule has 0 aromatic rings. The topological polar surface area (TPSA) is 103 Å². The maximum Gasteiger partial charge on any atom is 0.257 e. The van der Waals surface area contributed by atoms with Crippen LogP contribution < -0.4 is 0 Å². The summed E-state index contributed by atoms with van der Waals surface area (Å²) in [5.41, 5.74) is 0. The average molecular weight is 163 g/mol. The van der Waals surface area contributed by atoms with Gasteiger partial charge < -0.3 is 25.3 Å². The van der Waals surface area contributed by atoms with Gasteiger partial charge in [0.2, 0.25) is 0 Å². The second-order valence-corrected chi connectivity index (χ2v) is 2.25. The summed E-state index contributed by atoms with van der Waals surface area (Å²) in [5, 5.41) is 37.6. The minimum Gasteiger partial charge on any atom is -0.474 e. The molecule has 0 spiro atoms. The molecule has 0 aromatic heterocycles. The predicted molar refractivity (Wildman–Crippen MR) is 33.2 cm³/mol. The standard InChI is InChI=1S/C5H9NO5/c7-2-1-11-5(6-10)4(9)3(2)8/h2-4,7-10H,1H2/b6-5+/t2-,3-,4+/m1/s1. The Labute approximate surface area is 62.3 Å². The molecular weight excluding hydrogens is 154 g/mol. The second-order valence-electron chi connectivity index (χ2n) is 2.25. The summed E-state index contributed by atoms with van der Waals surface area (Å²) in [6.07, 6.45) is -3.95. The van der Waals surface area contributed by atoms with Crippen LogP contribution in [0, 0.1) is 0 Å². The van der Waals surface area contributed by atoms with Crippen LogP contribution in [0.2, 0.25) is 0 Å². The van der Waals surface area contributed by atoms with Gasteiger partial charge in [-0.25, -0.2) is 0 Å². The highest BCUT2D eigenvalue weighted by Gasteiger charge is 2.35. The van der Waals surface area contributed by atoms with Crippen molar-refractivity contribution in [1.29, 1.82) is 0 Å². The van der Waals surface area contributed by atoms with Gasteiger partial charge in [0.1, 0.15) is 18.8 Å². The van der Waals surface area contributed by atoms with E-state index >= 15 is 0 Å². The molecular formula is C5H9NO5. The summed E-state index contributed by atoms with van der Waals surface area (Å²) >= 11 is 0. The third-order valence-corrected chi connectivity index (χ3v) is 1.47. The number of hydrogen-bond donors (Lipinski definition) is 4. The Hall–Kier alpha value is -0.850. The lowest BCUT2D eigenvalue weighted by Gasteiger charge is -2.28. The van der Waals surface area contributed by atoms with Gasteiger partial charge in [0, 0.05) is 0 Å². The molecule has 64 valence electrons. The molecule has 0 bridgehead atoms. The van der Waals surface area contributed by atoms with E-state index in [-0.39, 0.29) is 12.5 Å². The fourth-order valence-corrected chi connectivity index (χ4v) is 0.799. The number of hydrogen-bond acceptors (Lipinski definition) is 6. The number of aliphatic hydroxyl groups is 3. The van der Waals surface area contributed by atoms with Crippen molar-refractivity contribution in [3.05, 3.63) is 0 Å². The maximum absolute atomic E-state index is 8.98. The molecule has 1 saturated heterocycles. The molecule has 11 heavy (non-hydrogen) atoms. The number of rotatable bonds is 0. The zero-order valence-electron chi connectivity index (χ0n) is 5.58. The van der Waals surface area contributed by atoms with E-state index in [1.165, 1.54) is 0 Å². The van der Waals surface area contributed by atoms with Gasteiger partial charge in [0.25, 0.3) is 5.90 Å². The first kappa shape index (κ1) is 8.25. The van der Waals surface area contributed by atoms with Crippen LogP contribution in [0.15, 0.2) is 5.16 Å². The lowest BCUT2D eigenvalue weighted by molar-refractivity contribution is -0.0856. The summed E-state index contributed by atoms with van der Waals surface area (Å²) in [7, 11) is 0. The molecule has 0 unspecified atom stereocenters. The molecule has 1 aliphatic heterocycles. The highest BCUT2D eigenvalue weighted by molar-refractivity contribution is 5.81. The Bertz CT molecular complexity index is 170. The van der Waals surface area contributed by atoms with Gasteiger partial charge in [-0.1, -0.05) is 5.16 Å². The maximum atomic E-state index is 8.98. The summed E-state index contributed by atoms with van der Waals surface area (Å²) in [6, 6.07) is 0. The van der Waals surface area contributed by atoms with E-state index in [9.17, 15) is 0 Å². The molecule has 0 saturated carbocycles. The van der Waals surface area contributed by atoms with E-state index < -0.39 is 18.3 Å². The molecule has 1 rings (SSSR count). The molecule has 6 nitrogen and oxygen atoms in total. The lowest BCUT2D eigenvalue weighted by atomic mass is 10.1. The van der Waals surface area contributed by atoms with Crippen LogP contribution in [0.3, 0.4) is 0 Å². The molecule has 0 amide bonds. The largest absolute Gasteiger partial charge is 0.474 e. The van der Waals surface area contributed by atoms with Crippen LogP contribution in [0.4, 0.5) is 0 Å². The van der Waals surface area contributed by atoms with E-state index in [0.29, 0.717) is 0 Å². The molecule has 0 aromatic carbocycles. The Balaban J connectivity index is 2.67. The summed E-state index contributed by atoms with van der Waals surface area (Å²) in [4.78, 5) is 0. The van der Waals surface area contributed by atoms with Gasteiger partial charge in [-0.05, 0) is 0 Å². The predicted octanol–water partition coefficient (Wildman–Crippen LogP) is -2.11. The molecule has 4 N–H and O–H groups in total. The fourth-order valence-electron chi connectivity index (χ4n) is 0.799. The smallest absolute Gasteiger partial charge is 0.257 e. The quantitative estimate of drug-likeness (QED) is 0.242. The van der Waals surface area contributed by atoms with Crippen molar-refractivity contribution in [2.75, 3.05) is 6.61 Å². The average Bonchev–Trinajstić information content (AvgIpc) is 2.01. The number of nitrogens with zero attached hydrogens (tertiary/aromatic N) is 1. The van der Waals surface area contributed by atoms with Gasteiger partial charge in [0.05, 0.1) is 0 Å². The summed E-state index contributed by atoms with van der Waals surface area (Å²) in [5.74, 6) is -0.372. The minimum absolute atomic E-state index is 0.183. The van der Waals surface area contributed by atoms with Gasteiger partial charge in [-0.2, -0.15) is 0 Å². The Kier molecular flexibility index (Phi) is 2.28. The van der Waals surface area contributed by atoms with Gasteiger partial charge in [-0.15, -0.1) is 0 Å². The molecule has 1 heterocycles. The van der Waals surface area contributed by atoms with E-state index in [2.05, 4.69) is 9.89 Å². The van der Waals surface area contributed by atoms with Crippen LogP contribution in [-0.4, -0.2) is 51.3 Å². The van der Waals surface area contributed by atoms with E-state index in [4.69, 9.17) is 20.5 Å². The highest BCUT2D eigenvalue weighted by Crippen LogP contribution is 2.10. The van der Waals surface area contributed by atoms with E-state index in [1.807, 2.05) is 0 Å². The second kappa shape index (κ2) is 3.04. The van der Waals surface area contributed by atoms with Crippen molar-refractivity contribution in [3.63, 3.8) is 0 Å². The summed E-state index contributed by atoms with van der Waals surface area (Å²) in [6.45, 7) is -0.183. The van der Waals surface area contributed by atoms with E-state index in [1.54, 1.807) is 0 Å². The minimum atomic E-state index is -1.45. The molecule has 6 heteroatoms. The van der Waals surface area contributed by atoms with Crippen LogP contribution >= 0.6 is 0 Å². The zero-order valence-corrected chi connectivity index (χ0v) is 5.58. The van der Waals surface area contributed by atoms with Crippen LogP contribution in [0.25, 0.3) is 0 Å². The van der Waals surface area contributed by atoms with Crippen molar-refractivity contribution < 1.29 is 25.3 Å². The van der Waals surface area contributed by atoms with Crippen LogP contribution in [-0.2, 0) is 4.74 Å². The zero-order chi connectivity index (χ0) is 8.43. The normalized spacial score (nSPS) is 42.1. The highest BCUT2D eigenvalue weighted by atomic mass is 16.6. The van der Waals surface area contributed by atoms with Gasteiger partial charge >= 0.3 is 0 Å². The molecule has 0 radical (unpaired) electrons. The summed E-state index contributed by atoms with van der Waals surface area (Å²) < 4.78 is 4.56. The number of aliphatic hydroxyl groups excluding tert-OH is 3. The van der Waals surface area contributed by atoms with Gasteiger partial charge in [-0.3, -0.25) is 0 Å². The fraction of sp³-hybridized carbons (Fsp3) is 0.800. The first-order valence-corrected chi connectivity index (χ1v) is 3.05. The molecule has 1 fully saturated rings. The monoisotopic (exact) mass is 163 g/mol. The van der Waals surface area contributed by atoms with Crippen molar-refractivity contribution in [1.82, 2.24) is 0 Å². The Morgan fingerprint density at radius 1 is 1.36 bits per heavy atom. The van der Waals surface area contributed by atoms with E-state index in [0.717, 1.165) is 0 Å². The first-order chi connectivity index (χ1) is 5.16. The SMILES string of the molecule is O/N=C1/OC[C@@H](O)[C@@H](O)[C@@H]1O. The molecule has 1 aliphatic rings. The van der Waals surface area contributed by atoms with Gasteiger partial charge in [0.15, 0.2) is 6.10 Å². The number of ether oxygens (including phenoxy) is 1. The van der Waals surface area contributed by atoms with Crippen molar-refractivity contribution in [2.45, 2.75) is 18.3 Å². The molecule has 3 atom stereocenters. The lowest BCUT2D eigenvalue weighted by Crippen LogP contribution is -2.50. The Morgan fingerprint density at radius 3 is 2.55 bits per heavy atom. The van der Waals surface area contributed by atoms with Crippen molar-refractivity contribution in [2.24, 2.45) is 5.16 Å². The van der Waals surface area contributed by atoms with Crippen LogP contribution in [0.5, 0.6) is 0 Å². The third-order valence-electron chi connectivity index (χ3n) is 1.47. The first-order valence-electron chi connectivity index (χ1n) is 3.05. The van der Waals surface area contributed by atoms with Crippen molar-refractivity contribution in [3.8, 4) is 0 Å².